The number of rotatable bonds is 3. The number of para-hydroxylation sites is 2. The number of carbonyl (C=O) groups excluding carboxylic acids is 1. The highest BCUT2D eigenvalue weighted by Crippen LogP contribution is 2.30. The molecule has 0 atom stereocenters. The summed E-state index contributed by atoms with van der Waals surface area (Å²) in [7, 11) is 1.92. The molecule has 0 bridgehead atoms. The Morgan fingerprint density at radius 1 is 1.08 bits per heavy atom. The Kier molecular flexibility index (Phi) is 4.12. The van der Waals surface area contributed by atoms with Crippen molar-refractivity contribution >= 4 is 28.6 Å². The number of nitrogens with zero attached hydrogens (tertiary/aromatic N) is 4. The Balaban J connectivity index is 1.60. The second-order valence-corrected chi connectivity index (χ2v) is 6.07. The van der Waals surface area contributed by atoms with E-state index in [1.807, 2.05) is 36.2 Å². The predicted octanol–water partition coefficient (Wildman–Crippen LogP) is 2.63. The fourth-order valence-corrected chi connectivity index (χ4v) is 2.90. The lowest BCUT2D eigenvalue weighted by Gasteiger charge is -2.33. The van der Waals surface area contributed by atoms with Gasteiger partial charge in [-0.1, -0.05) is 18.2 Å². The van der Waals surface area contributed by atoms with Gasteiger partial charge in [-0.2, -0.15) is 0 Å². The molecular weight excluding hydrogens is 335 g/mol. The van der Waals surface area contributed by atoms with E-state index in [1.165, 1.54) is 18.2 Å². The predicted molar refractivity (Wildman–Crippen MR) is 97.1 cm³/mol. The Bertz CT molecular complexity index is 979. The lowest BCUT2D eigenvalue weighted by molar-refractivity contribution is -0.120. The van der Waals surface area contributed by atoms with E-state index in [-0.39, 0.29) is 12.5 Å². The summed E-state index contributed by atoms with van der Waals surface area (Å²) in [6, 6.07) is 13.3. The molecule has 0 radical (unpaired) electrons. The SMILES string of the molecule is CN1CCN(C(=O)COc2cccc(F)c2)c2nc3ccccc3nc21. The first kappa shape index (κ1) is 16.3. The summed E-state index contributed by atoms with van der Waals surface area (Å²) in [4.78, 5) is 25.5. The van der Waals surface area contributed by atoms with Crippen molar-refractivity contribution in [2.75, 3.05) is 36.5 Å². The van der Waals surface area contributed by atoms with Crippen LogP contribution in [0.25, 0.3) is 11.0 Å². The van der Waals surface area contributed by atoms with Crippen molar-refractivity contribution in [1.29, 1.82) is 0 Å². The number of hydrogen-bond acceptors (Lipinski definition) is 5. The Hall–Kier alpha value is -3.22. The van der Waals surface area contributed by atoms with Gasteiger partial charge in [-0.3, -0.25) is 9.69 Å². The summed E-state index contributed by atoms with van der Waals surface area (Å²) in [5.74, 6) is 0.849. The van der Waals surface area contributed by atoms with E-state index in [0.717, 1.165) is 11.0 Å². The third-order valence-corrected chi connectivity index (χ3v) is 4.27. The number of ether oxygens (including phenoxy) is 1. The number of amides is 1. The minimum atomic E-state index is -0.405. The summed E-state index contributed by atoms with van der Waals surface area (Å²) in [5, 5.41) is 0. The monoisotopic (exact) mass is 352 g/mol. The third kappa shape index (κ3) is 3.03. The van der Waals surface area contributed by atoms with Gasteiger partial charge in [-0.05, 0) is 24.3 Å². The van der Waals surface area contributed by atoms with Crippen LogP contribution in [0.1, 0.15) is 0 Å². The van der Waals surface area contributed by atoms with Crippen LogP contribution in [0.3, 0.4) is 0 Å². The van der Waals surface area contributed by atoms with Crippen LogP contribution in [0.15, 0.2) is 48.5 Å². The van der Waals surface area contributed by atoms with E-state index in [0.29, 0.717) is 30.5 Å². The van der Waals surface area contributed by atoms with E-state index in [1.54, 1.807) is 11.0 Å². The van der Waals surface area contributed by atoms with Crippen molar-refractivity contribution in [3.8, 4) is 5.75 Å². The van der Waals surface area contributed by atoms with Crippen molar-refractivity contribution in [3.05, 3.63) is 54.3 Å². The second-order valence-electron chi connectivity index (χ2n) is 6.07. The van der Waals surface area contributed by atoms with E-state index in [9.17, 15) is 9.18 Å². The molecule has 2 heterocycles. The lowest BCUT2D eigenvalue weighted by atomic mass is 10.2. The van der Waals surface area contributed by atoms with Gasteiger partial charge in [0.25, 0.3) is 5.91 Å². The summed E-state index contributed by atoms with van der Waals surface area (Å²) < 4.78 is 18.7. The van der Waals surface area contributed by atoms with Gasteiger partial charge in [0.15, 0.2) is 18.2 Å². The smallest absolute Gasteiger partial charge is 0.266 e. The first-order valence-corrected chi connectivity index (χ1v) is 8.28. The maximum absolute atomic E-state index is 13.2. The molecule has 1 aromatic heterocycles. The molecule has 26 heavy (non-hydrogen) atoms. The van der Waals surface area contributed by atoms with Crippen LogP contribution < -0.4 is 14.5 Å². The molecule has 7 heteroatoms. The third-order valence-electron chi connectivity index (χ3n) is 4.27. The fraction of sp³-hybridized carbons (Fsp3) is 0.211. The molecule has 6 nitrogen and oxygen atoms in total. The molecule has 4 rings (SSSR count). The molecule has 0 saturated carbocycles. The van der Waals surface area contributed by atoms with Crippen LogP contribution >= 0.6 is 0 Å². The minimum absolute atomic E-state index is 0.193. The van der Waals surface area contributed by atoms with Crippen LogP contribution in [-0.4, -0.2) is 42.6 Å². The zero-order chi connectivity index (χ0) is 18.1. The number of likely N-dealkylation sites (N-methyl/N-ethyl adjacent to an activating group) is 1. The van der Waals surface area contributed by atoms with E-state index in [4.69, 9.17) is 4.74 Å². The van der Waals surface area contributed by atoms with Gasteiger partial charge in [0.1, 0.15) is 11.6 Å². The van der Waals surface area contributed by atoms with Gasteiger partial charge < -0.3 is 9.64 Å². The van der Waals surface area contributed by atoms with Gasteiger partial charge in [-0.15, -0.1) is 0 Å². The Morgan fingerprint density at radius 3 is 2.54 bits per heavy atom. The average Bonchev–Trinajstić information content (AvgIpc) is 2.65. The van der Waals surface area contributed by atoms with Crippen molar-refractivity contribution in [2.45, 2.75) is 0 Å². The number of benzene rings is 2. The number of carbonyl (C=O) groups is 1. The highest BCUT2D eigenvalue weighted by Gasteiger charge is 2.28. The molecule has 0 fully saturated rings. The summed E-state index contributed by atoms with van der Waals surface area (Å²) in [6.45, 7) is 0.939. The second kappa shape index (κ2) is 6.59. The Morgan fingerprint density at radius 2 is 1.81 bits per heavy atom. The number of aromatic nitrogens is 2. The van der Waals surface area contributed by atoms with E-state index >= 15 is 0 Å². The molecule has 3 aromatic rings. The van der Waals surface area contributed by atoms with Crippen molar-refractivity contribution in [2.24, 2.45) is 0 Å². The first-order chi connectivity index (χ1) is 12.6. The molecule has 1 aliphatic rings. The van der Waals surface area contributed by atoms with Crippen molar-refractivity contribution < 1.29 is 13.9 Å². The molecule has 0 N–H and O–H groups in total. The lowest BCUT2D eigenvalue weighted by Crippen LogP contribution is -2.45. The van der Waals surface area contributed by atoms with Gasteiger partial charge in [0.05, 0.1) is 11.0 Å². The summed E-state index contributed by atoms with van der Waals surface area (Å²) in [5.41, 5.74) is 1.51. The average molecular weight is 352 g/mol. The van der Waals surface area contributed by atoms with Crippen LogP contribution in [0.5, 0.6) is 5.75 Å². The zero-order valence-corrected chi connectivity index (χ0v) is 14.2. The molecule has 2 aromatic carbocycles. The molecular formula is C19H17FN4O2. The molecule has 0 aliphatic carbocycles. The van der Waals surface area contributed by atoms with Crippen LogP contribution in [0.4, 0.5) is 16.0 Å². The number of hydrogen-bond donors (Lipinski definition) is 0. The maximum Gasteiger partial charge on any atom is 0.266 e. The highest BCUT2D eigenvalue weighted by atomic mass is 19.1. The molecule has 1 aliphatic heterocycles. The minimum Gasteiger partial charge on any atom is -0.484 e. The quantitative estimate of drug-likeness (QED) is 0.725. The number of anilines is 2. The molecule has 1 amide bonds. The fourth-order valence-electron chi connectivity index (χ4n) is 2.90. The topological polar surface area (TPSA) is 58.6 Å². The standard InChI is InChI=1S/C19H17FN4O2/c1-23-9-10-24(17(25)12-26-14-6-4-5-13(20)11-14)19-18(23)21-15-7-2-3-8-16(15)22-19/h2-8,11H,9-10,12H2,1H3. The molecule has 0 spiro atoms. The van der Waals surface area contributed by atoms with Crippen LogP contribution in [0, 0.1) is 5.82 Å². The zero-order valence-electron chi connectivity index (χ0n) is 14.2. The maximum atomic E-state index is 13.2. The van der Waals surface area contributed by atoms with E-state index in [2.05, 4.69) is 9.97 Å². The number of fused-ring (bicyclic) bond motifs is 2. The van der Waals surface area contributed by atoms with Crippen LogP contribution in [-0.2, 0) is 4.79 Å². The van der Waals surface area contributed by atoms with Crippen molar-refractivity contribution in [1.82, 2.24) is 9.97 Å². The summed E-state index contributed by atoms with van der Waals surface area (Å²) in [6.07, 6.45) is 0. The van der Waals surface area contributed by atoms with Gasteiger partial charge in [-0.25, -0.2) is 14.4 Å². The normalized spacial score (nSPS) is 13.6. The van der Waals surface area contributed by atoms with Gasteiger partial charge in [0.2, 0.25) is 0 Å². The van der Waals surface area contributed by atoms with Gasteiger partial charge in [0, 0.05) is 26.2 Å². The molecule has 0 saturated heterocycles. The molecule has 132 valence electrons. The Labute approximate surface area is 149 Å². The summed E-state index contributed by atoms with van der Waals surface area (Å²) >= 11 is 0. The number of halogens is 1. The molecule has 0 unspecified atom stereocenters. The largest absolute Gasteiger partial charge is 0.484 e. The van der Waals surface area contributed by atoms with Gasteiger partial charge >= 0.3 is 0 Å². The first-order valence-electron chi connectivity index (χ1n) is 8.28. The van der Waals surface area contributed by atoms with E-state index < -0.39 is 5.82 Å². The highest BCUT2D eigenvalue weighted by molar-refractivity contribution is 5.98. The van der Waals surface area contributed by atoms with Crippen molar-refractivity contribution in [3.63, 3.8) is 0 Å². The van der Waals surface area contributed by atoms with Crippen LogP contribution in [0.2, 0.25) is 0 Å².